The van der Waals surface area contributed by atoms with Crippen molar-refractivity contribution in [3.63, 3.8) is 0 Å². The highest BCUT2D eigenvalue weighted by Crippen LogP contribution is 2.24. The first-order valence-corrected chi connectivity index (χ1v) is 6.60. The third-order valence-electron chi connectivity index (χ3n) is 3.36. The van der Waals surface area contributed by atoms with E-state index in [9.17, 15) is 0 Å². The largest absolute Gasteiger partial charge is 0.353 e. The van der Waals surface area contributed by atoms with Crippen molar-refractivity contribution in [1.29, 1.82) is 0 Å². The summed E-state index contributed by atoms with van der Waals surface area (Å²) in [5, 5.41) is 4.54. The van der Waals surface area contributed by atoms with Gasteiger partial charge in [-0.05, 0) is 12.1 Å². The molecular formula is C14H18N4. The summed E-state index contributed by atoms with van der Waals surface area (Å²) in [4.78, 5) is 11.7. The number of nitrogens with zero attached hydrogens (tertiary/aromatic N) is 3. The van der Waals surface area contributed by atoms with E-state index < -0.39 is 0 Å². The van der Waals surface area contributed by atoms with E-state index in [-0.39, 0.29) is 0 Å². The van der Waals surface area contributed by atoms with Gasteiger partial charge in [0.1, 0.15) is 11.6 Å². The number of para-hydroxylation sites is 1. The molecule has 0 unspecified atom stereocenters. The summed E-state index contributed by atoms with van der Waals surface area (Å²) in [5.41, 5.74) is 1.05. The fourth-order valence-electron chi connectivity index (χ4n) is 2.38. The van der Waals surface area contributed by atoms with Gasteiger partial charge in [-0.25, -0.2) is 9.97 Å². The lowest BCUT2D eigenvalue weighted by atomic mass is 10.2. The summed E-state index contributed by atoms with van der Waals surface area (Å²) in [6.07, 6.45) is 0.879. The van der Waals surface area contributed by atoms with Gasteiger partial charge < -0.3 is 10.2 Å². The molecule has 0 amide bonds. The molecule has 1 N–H and O–H groups in total. The van der Waals surface area contributed by atoms with Crippen LogP contribution in [-0.4, -0.2) is 36.1 Å². The Morgan fingerprint density at radius 3 is 2.72 bits per heavy atom. The molecule has 0 aliphatic carbocycles. The highest BCUT2D eigenvalue weighted by molar-refractivity contribution is 5.89. The van der Waals surface area contributed by atoms with Crippen LogP contribution in [0.25, 0.3) is 10.9 Å². The lowest BCUT2D eigenvalue weighted by Gasteiger charge is -2.29. The average molecular weight is 242 g/mol. The Labute approximate surface area is 107 Å². The molecule has 3 rings (SSSR count). The van der Waals surface area contributed by atoms with Crippen LogP contribution in [0.2, 0.25) is 0 Å². The number of hydrogen-bond acceptors (Lipinski definition) is 4. The number of anilines is 1. The zero-order chi connectivity index (χ0) is 12.4. The van der Waals surface area contributed by atoms with Crippen LogP contribution in [0.5, 0.6) is 0 Å². The van der Waals surface area contributed by atoms with Gasteiger partial charge in [-0.15, -0.1) is 0 Å². The van der Waals surface area contributed by atoms with Gasteiger partial charge in [0.15, 0.2) is 0 Å². The fraction of sp³-hybridized carbons (Fsp3) is 0.429. The van der Waals surface area contributed by atoms with Gasteiger partial charge in [0.05, 0.1) is 5.52 Å². The summed E-state index contributed by atoms with van der Waals surface area (Å²) in [6.45, 7) is 6.19. The highest BCUT2D eigenvalue weighted by Gasteiger charge is 2.15. The number of rotatable bonds is 2. The van der Waals surface area contributed by atoms with E-state index in [2.05, 4.69) is 40.3 Å². The fourth-order valence-corrected chi connectivity index (χ4v) is 2.38. The Morgan fingerprint density at radius 2 is 1.94 bits per heavy atom. The first-order chi connectivity index (χ1) is 8.88. The van der Waals surface area contributed by atoms with Crippen LogP contribution >= 0.6 is 0 Å². The number of hydrogen-bond donors (Lipinski definition) is 1. The molecule has 1 aromatic carbocycles. The first kappa shape index (κ1) is 11.4. The smallest absolute Gasteiger partial charge is 0.140 e. The zero-order valence-electron chi connectivity index (χ0n) is 10.7. The maximum Gasteiger partial charge on any atom is 0.140 e. The van der Waals surface area contributed by atoms with Crippen molar-refractivity contribution in [3.8, 4) is 0 Å². The predicted molar refractivity (Wildman–Crippen MR) is 74.0 cm³/mol. The minimum Gasteiger partial charge on any atom is -0.353 e. The number of fused-ring (bicyclic) bond motifs is 1. The molecule has 1 aliphatic rings. The highest BCUT2D eigenvalue weighted by atomic mass is 15.2. The summed E-state index contributed by atoms with van der Waals surface area (Å²) in [6, 6.07) is 8.29. The lowest BCUT2D eigenvalue weighted by molar-refractivity contribution is 0.585. The predicted octanol–water partition coefficient (Wildman–Crippen LogP) is 1.60. The van der Waals surface area contributed by atoms with E-state index in [1.807, 2.05) is 6.07 Å². The second-order valence-corrected chi connectivity index (χ2v) is 4.57. The monoisotopic (exact) mass is 242 g/mol. The van der Waals surface area contributed by atoms with E-state index in [0.717, 1.165) is 55.1 Å². The van der Waals surface area contributed by atoms with Crippen molar-refractivity contribution < 1.29 is 0 Å². The number of piperazine rings is 1. The summed E-state index contributed by atoms with van der Waals surface area (Å²) in [5.74, 6) is 2.03. The van der Waals surface area contributed by atoms with Gasteiger partial charge in [0.25, 0.3) is 0 Å². The van der Waals surface area contributed by atoms with E-state index in [4.69, 9.17) is 4.98 Å². The molecule has 1 saturated heterocycles. The Balaban J connectivity index is 2.12. The lowest BCUT2D eigenvalue weighted by Crippen LogP contribution is -2.44. The Kier molecular flexibility index (Phi) is 3.11. The van der Waals surface area contributed by atoms with Crippen LogP contribution in [0.3, 0.4) is 0 Å². The SMILES string of the molecule is CCc1nc(N2CCNCC2)c2ccccc2n1. The zero-order valence-corrected chi connectivity index (χ0v) is 10.7. The van der Waals surface area contributed by atoms with E-state index in [1.165, 1.54) is 0 Å². The molecule has 0 saturated carbocycles. The molecule has 1 aliphatic heterocycles. The Bertz CT molecular complexity index is 546. The van der Waals surface area contributed by atoms with E-state index in [0.29, 0.717) is 0 Å². The minimum absolute atomic E-state index is 0.879. The molecule has 0 radical (unpaired) electrons. The molecule has 4 nitrogen and oxygen atoms in total. The molecule has 4 heteroatoms. The van der Waals surface area contributed by atoms with Crippen molar-refractivity contribution in [2.45, 2.75) is 13.3 Å². The number of benzene rings is 1. The quantitative estimate of drug-likeness (QED) is 0.868. The molecule has 0 bridgehead atoms. The molecule has 0 spiro atoms. The minimum atomic E-state index is 0.879. The maximum absolute atomic E-state index is 4.73. The topological polar surface area (TPSA) is 41.1 Å². The molecule has 1 aromatic heterocycles. The second kappa shape index (κ2) is 4.90. The van der Waals surface area contributed by atoms with Crippen molar-refractivity contribution >= 4 is 16.7 Å². The molecule has 2 aromatic rings. The molecule has 0 atom stereocenters. The van der Waals surface area contributed by atoms with Crippen molar-refractivity contribution in [3.05, 3.63) is 30.1 Å². The molecular weight excluding hydrogens is 224 g/mol. The van der Waals surface area contributed by atoms with Crippen LogP contribution in [0.15, 0.2) is 24.3 Å². The van der Waals surface area contributed by atoms with Crippen LogP contribution in [-0.2, 0) is 6.42 Å². The standard InChI is InChI=1S/C14H18N4/c1-2-13-16-12-6-4-3-5-11(12)14(17-13)18-9-7-15-8-10-18/h3-6,15H,2,7-10H2,1H3. The second-order valence-electron chi connectivity index (χ2n) is 4.57. The molecule has 94 valence electrons. The molecule has 18 heavy (non-hydrogen) atoms. The third kappa shape index (κ3) is 2.04. The first-order valence-electron chi connectivity index (χ1n) is 6.60. The van der Waals surface area contributed by atoms with E-state index in [1.54, 1.807) is 0 Å². The van der Waals surface area contributed by atoms with Crippen LogP contribution in [0.1, 0.15) is 12.7 Å². The molecule has 1 fully saturated rings. The Morgan fingerprint density at radius 1 is 1.17 bits per heavy atom. The summed E-state index contributed by atoms with van der Waals surface area (Å²) in [7, 11) is 0. The number of nitrogens with one attached hydrogen (secondary N) is 1. The number of aryl methyl sites for hydroxylation is 1. The van der Waals surface area contributed by atoms with Crippen molar-refractivity contribution in [2.24, 2.45) is 0 Å². The van der Waals surface area contributed by atoms with Crippen molar-refractivity contribution in [1.82, 2.24) is 15.3 Å². The van der Waals surface area contributed by atoms with Gasteiger partial charge in [-0.3, -0.25) is 0 Å². The number of aromatic nitrogens is 2. The maximum atomic E-state index is 4.73. The van der Waals surface area contributed by atoms with Crippen LogP contribution in [0.4, 0.5) is 5.82 Å². The van der Waals surface area contributed by atoms with Crippen LogP contribution < -0.4 is 10.2 Å². The average Bonchev–Trinajstić information content (AvgIpc) is 2.47. The Hall–Kier alpha value is -1.68. The third-order valence-corrected chi connectivity index (χ3v) is 3.36. The normalized spacial score (nSPS) is 16.2. The van der Waals surface area contributed by atoms with Crippen LogP contribution in [0, 0.1) is 0 Å². The van der Waals surface area contributed by atoms with Gasteiger partial charge in [0.2, 0.25) is 0 Å². The summed E-state index contributed by atoms with van der Waals surface area (Å²) >= 11 is 0. The van der Waals surface area contributed by atoms with Crippen molar-refractivity contribution in [2.75, 3.05) is 31.1 Å². The summed E-state index contributed by atoms with van der Waals surface area (Å²) < 4.78 is 0. The van der Waals surface area contributed by atoms with Gasteiger partial charge in [-0.2, -0.15) is 0 Å². The van der Waals surface area contributed by atoms with Gasteiger partial charge in [0, 0.05) is 38.0 Å². The van der Waals surface area contributed by atoms with E-state index >= 15 is 0 Å². The van der Waals surface area contributed by atoms with Gasteiger partial charge in [-0.1, -0.05) is 19.1 Å². The van der Waals surface area contributed by atoms with Gasteiger partial charge >= 0.3 is 0 Å². The molecule has 2 heterocycles.